The maximum atomic E-state index is 9.77. The van der Waals surface area contributed by atoms with Crippen molar-refractivity contribution in [3.63, 3.8) is 0 Å². The van der Waals surface area contributed by atoms with Crippen LogP contribution in [0.4, 0.5) is 0 Å². The van der Waals surface area contributed by atoms with Gasteiger partial charge in [-0.1, -0.05) is 18.2 Å². The molecule has 14 heavy (non-hydrogen) atoms. The minimum atomic E-state index is 0.216. The third-order valence-corrected chi connectivity index (χ3v) is 2.33. The van der Waals surface area contributed by atoms with E-state index in [2.05, 4.69) is 5.10 Å². The highest BCUT2D eigenvalue weighted by Crippen LogP contribution is 2.17. The zero-order valence-electron chi connectivity index (χ0n) is 8.23. The fraction of sp³-hybridized carbons (Fsp3) is 0.100. The van der Waals surface area contributed by atoms with Gasteiger partial charge in [0.15, 0.2) is 7.85 Å². The van der Waals surface area contributed by atoms with Gasteiger partial charge in [0.05, 0.1) is 5.69 Å². The number of para-hydroxylation sites is 1. The maximum absolute atomic E-state index is 9.77. The number of aromatic hydroxyl groups is 1. The van der Waals surface area contributed by atoms with Crippen LogP contribution in [-0.4, -0.2) is 22.7 Å². The first kappa shape index (κ1) is 8.87. The molecule has 1 heterocycles. The lowest BCUT2D eigenvalue weighted by Crippen LogP contribution is -2.08. The predicted octanol–water partition coefficient (Wildman–Crippen LogP) is 0.145. The van der Waals surface area contributed by atoms with E-state index in [-0.39, 0.29) is 5.88 Å². The first-order valence-electron chi connectivity index (χ1n) is 4.51. The van der Waals surface area contributed by atoms with Gasteiger partial charge < -0.3 is 5.11 Å². The molecule has 2 rings (SSSR count). The van der Waals surface area contributed by atoms with Gasteiger partial charge in [0.1, 0.15) is 0 Å². The zero-order valence-corrected chi connectivity index (χ0v) is 8.23. The highest BCUT2D eigenvalue weighted by molar-refractivity contribution is 6.31. The average molecular weight is 186 g/mol. The number of hydrogen-bond acceptors (Lipinski definition) is 2. The summed E-state index contributed by atoms with van der Waals surface area (Å²) in [5.41, 5.74) is 2.56. The smallest absolute Gasteiger partial charge is 0.216 e. The molecule has 0 unspecified atom stereocenters. The molecule has 1 aromatic carbocycles. The Labute approximate surface area is 83.4 Å². The van der Waals surface area contributed by atoms with Gasteiger partial charge in [-0.25, -0.2) is 4.68 Å². The topological polar surface area (TPSA) is 38.0 Å². The first-order valence-corrected chi connectivity index (χ1v) is 4.51. The van der Waals surface area contributed by atoms with Crippen molar-refractivity contribution < 1.29 is 5.11 Å². The van der Waals surface area contributed by atoms with E-state index < -0.39 is 0 Å². The van der Waals surface area contributed by atoms with Crippen LogP contribution in [-0.2, 0) is 0 Å². The molecule has 3 nitrogen and oxygen atoms in total. The van der Waals surface area contributed by atoms with E-state index >= 15 is 0 Å². The maximum Gasteiger partial charge on any atom is 0.216 e. The number of rotatable bonds is 1. The summed E-state index contributed by atoms with van der Waals surface area (Å²) in [6.07, 6.45) is 0. The molecule has 70 valence electrons. The molecule has 4 heteroatoms. The van der Waals surface area contributed by atoms with E-state index in [9.17, 15) is 5.11 Å². The van der Waals surface area contributed by atoms with Gasteiger partial charge in [-0.3, -0.25) is 0 Å². The van der Waals surface area contributed by atoms with Crippen molar-refractivity contribution in [3.8, 4) is 11.6 Å². The zero-order chi connectivity index (χ0) is 10.1. The Morgan fingerprint density at radius 2 is 1.93 bits per heavy atom. The Balaban J connectivity index is 2.58. The van der Waals surface area contributed by atoms with Crippen LogP contribution < -0.4 is 5.59 Å². The summed E-state index contributed by atoms with van der Waals surface area (Å²) in [4.78, 5) is 0. The van der Waals surface area contributed by atoms with Crippen LogP contribution in [0.5, 0.6) is 5.88 Å². The average Bonchev–Trinajstić information content (AvgIpc) is 2.47. The molecule has 0 saturated heterocycles. The second kappa shape index (κ2) is 3.22. The van der Waals surface area contributed by atoms with Crippen molar-refractivity contribution in [2.24, 2.45) is 0 Å². The fourth-order valence-corrected chi connectivity index (χ4v) is 1.34. The largest absolute Gasteiger partial charge is 0.493 e. The molecular weight excluding hydrogens is 175 g/mol. The Morgan fingerprint density at radius 1 is 1.29 bits per heavy atom. The molecule has 2 aromatic rings. The molecule has 0 spiro atoms. The van der Waals surface area contributed by atoms with E-state index in [1.54, 1.807) is 4.68 Å². The second-order valence-corrected chi connectivity index (χ2v) is 3.28. The molecule has 0 fully saturated rings. The number of aromatic nitrogens is 2. The fourth-order valence-electron chi connectivity index (χ4n) is 1.34. The van der Waals surface area contributed by atoms with Crippen molar-refractivity contribution in [2.45, 2.75) is 6.92 Å². The van der Waals surface area contributed by atoms with E-state index in [0.29, 0.717) is 0 Å². The number of nitrogens with zero attached hydrogens (tertiary/aromatic N) is 2. The molecule has 1 N–H and O–H groups in total. The highest BCUT2D eigenvalue weighted by atomic mass is 16.3. The summed E-state index contributed by atoms with van der Waals surface area (Å²) >= 11 is 0. The van der Waals surface area contributed by atoms with Crippen LogP contribution in [0.1, 0.15) is 5.56 Å². The van der Waals surface area contributed by atoms with Gasteiger partial charge in [0.2, 0.25) is 5.88 Å². The van der Waals surface area contributed by atoms with Crippen LogP contribution in [0, 0.1) is 6.92 Å². The Hall–Kier alpha value is -1.71. The van der Waals surface area contributed by atoms with Gasteiger partial charge in [-0.15, -0.1) is 0 Å². The Morgan fingerprint density at radius 3 is 2.43 bits per heavy atom. The summed E-state index contributed by atoms with van der Waals surface area (Å²) in [5, 5.41) is 14.0. The van der Waals surface area contributed by atoms with Gasteiger partial charge in [-0.2, -0.15) is 5.10 Å². The third-order valence-electron chi connectivity index (χ3n) is 2.33. The van der Waals surface area contributed by atoms with Crippen LogP contribution in [0.2, 0.25) is 0 Å². The van der Waals surface area contributed by atoms with Crippen molar-refractivity contribution in [1.82, 2.24) is 9.78 Å². The molecule has 0 aliphatic heterocycles. The lowest BCUT2D eigenvalue weighted by Gasteiger charge is -2.01. The lowest BCUT2D eigenvalue weighted by molar-refractivity contribution is 0.430. The van der Waals surface area contributed by atoms with Gasteiger partial charge in [-0.05, 0) is 19.1 Å². The number of hydrogen-bond donors (Lipinski definition) is 1. The number of benzene rings is 1. The summed E-state index contributed by atoms with van der Waals surface area (Å²) in [7, 11) is 1.88. The molecule has 0 saturated carbocycles. The Bertz CT molecular complexity index is 451. The Kier molecular flexibility index (Phi) is 2.04. The summed E-state index contributed by atoms with van der Waals surface area (Å²) < 4.78 is 1.55. The van der Waals surface area contributed by atoms with E-state index in [4.69, 9.17) is 0 Å². The summed E-state index contributed by atoms with van der Waals surface area (Å²) in [6.45, 7) is 1.86. The lowest BCUT2D eigenvalue weighted by atomic mass is 10.0. The SMILES string of the molecule is Bc1nn(-c2ccccc2)c(O)c1C. The van der Waals surface area contributed by atoms with E-state index in [1.165, 1.54) is 0 Å². The minimum absolute atomic E-state index is 0.216. The van der Waals surface area contributed by atoms with Crippen LogP contribution in [0.3, 0.4) is 0 Å². The second-order valence-electron chi connectivity index (χ2n) is 3.28. The summed E-state index contributed by atoms with van der Waals surface area (Å²) in [5.74, 6) is 0.216. The van der Waals surface area contributed by atoms with Crippen molar-refractivity contribution >= 4 is 13.4 Å². The highest BCUT2D eigenvalue weighted by Gasteiger charge is 2.10. The van der Waals surface area contributed by atoms with E-state index in [0.717, 1.165) is 16.8 Å². The van der Waals surface area contributed by atoms with Gasteiger partial charge in [0, 0.05) is 11.2 Å². The molecule has 0 aliphatic rings. The third kappa shape index (κ3) is 1.29. The molecule has 1 aromatic heterocycles. The summed E-state index contributed by atoms with van der Waals surface area (Å²) in [6, 6.07) is 9.59. The standard InChI is InChI=1S/C10H11BN2O/c1-7-9(11)12-13(10(7)14)8-5-3-2-4-6-8/h2-6,14H,11H2,1H3. The minimum Gasteiger partial charge on any atom is -0.493 e. The molecular formula is C10H11BN2O. The molecule has 0 bridgehead atoms. The van der Waals surface area contributed by atoms with Crippen molar-refractivity contribution in [3.05, 3.63) is 35.9 Å². The van der Waals surface area contributed by atoms with Gasteiger partial charge >= 0.3 is 0 Å². The van der Waals surface area contributed by atoms with Crippen LogP contribution in [0.25, 0.3) is 5.69 Å². The molecule has 0 amide bonds. The molecule has 0 aliphatic carbocycles. The molecule has 0 radical (unpaired) electrons. The van der Waals surface area contributed by atoms with Crippen LogP contribution >= 0.6 is 0 Å². The predicted molar refractivity (Wildman–Crippen MR) is 58.1 cm³/mol. The monoisotopic (exact) mass is 186 g/mol. The van der Waals surface area contributed by atoms with Crippen molar-refractivity contribution in [2.75, 3.05) is 0 Å². The normalized spacial score (nSPS) is 10.4. The van der Waals surface area contributed by atoms with Gasteiger partial charge in [0.25, 0.3) is 0 Å². The van der Waals surface area contributed by atoms with Crippen LogP contribution in [0.15, 0.2) is 30.3 Å². The molecule has 0 atom stereocenters. The van der Waals surface area contributed by atoms with Crippen molar-refractivity contribution in [1.29, 1.82) is 0 Å². The van der Waals surface area contributed by atoms with E-state index in [1.807, 2.05) is 45.1 Å². The first-order chi connectivity index (χ1) is 6.70. The quantitative estimate of drug-likeness (QED) is 0.643.